The molecule has 0 amide bonds. The van der Waals surface area contributed by atoms with Gasteiger partial charge in [-0.05, 0) is 23.8 Å². The summed E-state index contributed by atoms with van der Waals surface area (Å²) in [6, 6.07) is 4.52. The number of hydrogen-bond acceptors (Lipinski definition) is 4. The summed E-state index contributed by atoms with van der Waals surface area (Å²) in [6.45, 7) is 0. The van der Waals surface area contributed by atoms with Crippen LogP contribution >= 0.6 is 12.6 Å². The van der Waals surface area contributed by atoms with Crippen molar-refractivity contribution in [1.29, 1.82) is 0 Å². The molecular formula is C12H13F3O3S. The molecule has 2 N–H and O–H groups in total. The molecule has 1 aromatic rings. The molecule has 106 valence electrons. The molecule has 0 radical (unpaired) electrons. The van der Waals surface area contributed by atoms with Gasteiger partial charge in [-0.15, -0.1) is 0 Å². The fourth-order valence-corrected chi connectivity index (χ4v) is 1.80. The second-order valence-corrected chi connectivity index (χ2v) is 4.42. The molecule has 0 fully saturated rings. The largest absolute Gasteiger partial charge is 0.454 e. The van der Waals surface area contributed by atoms with Crippen molar-refractivity contribution in [2.45, 2.75) is 24.8 Å². The number of aliphatic hydroxyl groups is 2. The topological polar surface area (TPSA) is 57.5 Å². The highest BCUT2D eigenvalue weighted by atomic mass is 32.1. The summed E-state index contributed by atoms with van der Waals surface area (Å²) in [5, 5.41) is 19.3. The van der Waals surface area contributed by atoms with Gasteiger partial charge in [0.2, 0.25) is 0 Å². The number of rotatable bonds is 5. The van der Waals surface area contributed by atoms with Crippen LogP contribution in [-0.2, 0) is 0 Å². The molecule has 3 nitrogen and oxygen atoms in total. The summed E-state index contributed by atoms with van der Waals surface area (Å²) in [6.07, 6.45) is -7.28. The van der Waals surface area contributed by atoms with Crippen LogP contribution in [0.4, 0.5) is 13.2 Å². The van der Waals surface area contributed by atoms with Crippen molar-refractivity contribution in [3.8, 4) is 0 Å². The molecule has 0 aliphatic carbocycles. The first kappa shape index (κ1) is 16.0. The zero-order valence-electron chi connectivity index (χ0n) is 9.76. The Morgan fingerprint density at radius 3 is 2.47 bits per heavy atom. The summed E-state index contributed by atoms with van der Waals surface area (Å²) < 4.78 is 36.8. The van der Waals surface area contributed by atoms with E-state index in [1.54, 1.807) is 0 Å². The van der Waals surface area contributed by atoms with Gasteiger partial charge in [-0.3, -0.25) is 4.79 Å². The van der Waals surface area contributed by atoms with Crippen molar-refractivity contribution in [2.75, 3.05) is 5.75 Å². The van der Waals surface area contributed by atoms with Gasteiger partial charge in [-0.25, -0.2) is 0 Å². The van der Waals surface area contributed by atoms with Crippen LogP contribution in [0.15, 0.2) is 24.3 Å². The molecule has 0 bridgehead atoms. The lowest BCUT2D eigenvalue weighted by atomic mass is 9.99. The van der Waals surface area contributed by atoms with E-state index in [0.717, 1.165) is 12.1 Å². The first-order valence-corrected chi connectivity index (χ1v) is 6.09. The Morgan fingerprint density at radius 1 is 1.32 bits per heavy atom. The summed E-state index contributed by atoms with van der Waals surface area (Å²) in [5.74, 6) is -1.66. The van der Waals surface area contributed by atoms with Crippen LogP contribution < -0.4 is 0 Å². The molecule has 2 atom stereocenters. The van der Waals surface area contributed by atoms with Crippen molar-refractivity contribution in [3.05, 3.63) is 35.4 Å². The molecular weight excluding hydrogens is 281 g/mol. The Labute approximate surface area is 113 Å². The van der Waals surface area contributed by atoms with Gasteiger partial charge in [0.1, 0.15) is 6.10 Å². The number of ketones is 1. The molecule has 0 aromatic heterocycles. The first-order valence-electron chi connectivity index (χ1n) is 5.46. The number of carbonyl (C=O) groups excluding carboxylic acids is 1. The predicted octanol–water partition coefficient (Wildman–Crippen LogP) is 2.15. The third-order valence-corrected chi connectivity index (χ3v) is 2.80. The van der Waals surface area contributed by atoms with E-state index in [2.05, 4.69) is 12.6 Å². The Bertz CT molecular complexity index is 448. The van der Waals surface area contributed by atoms with Gasteiger partial charge >= 0.3 is 6.18 Å². The average Bonchev–Trinajstić information content (AvgIpc) is 2.36. The Kier molecular flexibility index (Phi) is 5.39. The fourth-order valence-electron chi connectivity index (χ4n) is 1.54. The minimum absolute atomic E-state index is 0.0596. The van der Waals surface area contributed by atoms with E-state index in [1.807, 2.05) is 0 Å². The molecule has 19 heavy (non-hydrogen) atoms. The van der Waals surface area contributed by atoms with Crippen LogP contribution in [0.5, 0.6) is 0 Å². The molecule has 2 unspecified atom stereocenters. The molecule has 0 saturated carbocycles. The molecule has 1 aromatic carbocycles. The Morgan fingerprint density at radius 2 is 1.95 bits per heavy atom. The van der Waals surface area contributed by atoms with E-state index in [1.165, 1.54) is 12.1 Å². The van der Waals surface area contributed by atoms with E-state index >= 15 is 0 Å². The number of hydrogen-bond donors (Lipinski definition) is 3. The van der Waals surface area contributed by atoms with E-state index in [0.29, 0.717) is 5.75 Å². The van der Waals surface area contributed by atoms with E-state index in [9.17, 15) is 28.2 Å². The van der Waals surface area contributed by atoms with E-state index in [-0.39, 0.29) is 12.0 Å². The predicted molar refractivity (Wildman–Crippen MR) is 66.3 cm³/mol. The van der Waals surface area contributed by atoms with Crippen molar-refractivity contribution in [3.63, 3.8) is 0 Å². The summed E-state index contributed by atoms with van der Waals surface area (Å²) >= 11 is 3.88. The molecule has 0 saturated heterocycles. The van der Waals surface area contributed by atoms with Gasteiger partial charge in [0.15, 0.2) is 0 Å². The zero-order valence-corrected chi connectivity index (χ0v) is 10.7. The standard InChI is InChI=1S/C12H13F3O3S/c13-12(14,15)11(18)8-3-1-2-7(6-8)10(17)9(16)4-5-19/h1-3,6,9-10,16-17,19H,4-5H2. The lowest BCUT2D eigenvalue weighted by Crippen LogP contribution is -2.23. The van der Waals surface area contributed by atoms with Gasteiger partial charge in [0, 0.05) is 5.56 Å². The Hall–Kier alpha value is -1.05. The number of benzene rings is 1. The van der Waals surface area contributed by atoms with Crippen LogP contribution in [0, 0.1) is 0 Å². The fraction of sp³-hybridized carbons (Fsp3) is 0.417. The van der Waals surface area contributed by atoms with Crippen molar-refractivity contribution >= 4 is 18.4 Å². The second-order valence-electron chi connectivity index (χ2n) is 3.98. The highest BCUT2D eigenvalue weighted by Gasteiger charge is 2.39. The highest BCUT2D eigenvalue weighted by molar-refractivity contribution is 7.80. The van der Waals surface area contributed by atoms with Gasteiger partial charge in [-0.2, -0.15) is 25.8 Å². The third-order valence-electron chi connectivity index (χ3n) is 2.54. The number of thiol groups is 1. The van der Waals surface area contributed by atoms with Crippen molar-refractivity contribution in [1.82, 2.24) is 0 Å². The van der Waals surface area contributed by atoms with Crippen LogP contribution in [0.3, 0.4) is 0 Å². The monoisotopic (exact) mass is 294 g/mol. The minimum Gasteiger partial charge on any atom is -0.390 e. The van der Waals surface area contributed by atoms with Crippen LogP contribution in [0.2, 0.25) is 0 Å². The van der Waals surface area contributed by atoms with Gasteiger partial charge < -0.3 is 10.2 Å². The van der Waals surface area contributed by atoms with Crippen molar-refractivity contribution in [2.24, 2.45) is 0 Å². The van der Waals surface area contributed by atoms with Gasteiger partial charge in [0.05, 0.1) is 6.10 Å². The summed E-state index contributed by atoms with van der Waals surface area (Å²) in [4.78, 5) is 11.1. The highest BCUT2D eigenvalue weighted by Crippen LogP contribution is 2.25. The normalized spacial score (nSPS) is 15.1. The number of aliphatic hydroxyl groups excluding tert-OH is 2. The lowest BCUT2D eigenvalue weighted by Gasteiger charge is -2.18. The molecule has 0 spiro atoms. The maximum atomic E-state index is 12.3. The number of alkyl halides is 3. The average molecular weight is 294 g/mol. The molecule has 7 heteroatoms. The maximum Gasteiger partial charge on any atom is 0.454 e. The van der Waals surface area contributed by atoms with Gasteiger partial charge in [-0.1, -0.05) is 18.2 Å². The molecule has 0 heterocycles. The van der Waals surface area contributed by atoms with Crippen LogP contribution in [0.1, 0.15) is 28.4 Å². The third kappa shape index (κ3) is 4.22. The van der Waals surface area contributed by atoms with Gasteiger partial charge in [0.25, 0.3) is 5.78 Å². The lowest BCUT2D eigenvalue weighted by molar-refractivity contribution is -0.0885. The number of halogens is 3. The number of carbonyl (C=O) groups is 1. The van der Waals surface area contributed by atoms with E-state index < -0.39 is 29.7 Å². The van der Waals surface area contributed by atoms with Crippen LogP contribution in [0.25, 0.3) is 0 Å². The smallest absolute Gasteiger partial charge is 0.390 e. The number of Topliss-reactive ketones (excluding diaryl/α,β-unsaturated/α-hetero) is 1. The molecule has 1 rings (SSSR count). The van der Waals surface area contributed by atoms with E-state index in [4.69, 9.17) is 0 Å². The van der Waals surface area contributed by atoms with Crippen molar-refractivity contribution < 1.29 is 28.2 Å². The second kappa shape index (κ2) is 6.40. The zero-order chi connectivity index (χ0) is 14.6. The summed E-state index contributed by atoms with van der Waals surface area (Å²) in [7, 11) is 0. The maximum absolute atomic E-state index is 12.3. The quantitative estimate of drug-likeness (QED) is 0.576. The first-order chi connectivity index (χ1) is 8.77. The SMILES string of the molecule is O=C(c1cccc(C(O)C(O)CCS)c1)C(F)(F)F. The molecule has 0 aliphatic heterocycles. The van der Waals surface area contributed by atoms with Crippen LogP contribution in [-0.4, -0.2) is 34.0 Å². The summed E-state index contributed by atoms with van der Waals surface area (Å²) in [5.41, 5.74) is -0.508. The molecule has 0 aliphatic rings. The minimum atomic E-state index is -4.96. The Balaban J connectivity index is 2.97.